The van der Waals surface area contributed by atoms with E-state index in [-0.39, 0.29) is 29.5 Å². The Labute approximate surface area is 79.9 Å². The van der Waals surface area contributed by atoms with Gasteiger partial charge in [-0.1, -0.05) is 11.6 Å². The Balaban J connectivity index is 0.00000121. The highest BCUT2D eigenvalue weighted by Crippen LogP contribution is 2.17. The maximum absolute atomic E-state index is 12.7. The maximum atomic E-state index is 12.7. The molecule has 68 valence electrons. The molecule has 2 N–H and O–H groups in total. The van der Waals surface area contributed by atoms with Crippen LogP contribution >= 0.6 is 24.0 Å². The minimum Gasteiger partial charge on any atom is -0.326 e. The van der Waals surface area contributed by atoms with E-state index in [0.717, 1.165) is 12.1 Å². The van der Waals surface area contributed by atoms with Gasteiger partial charge < -0.3 is 5.73 Å². The number of hydrogen-bond acceptors (Lipinski definition) is 1. The molecular formula is C7H7Cl2F2N. The minimum absolute atomic E-state index is 0. The SMILES string of the molecule is Cl.NCc1c(F)cc(Cl)cc1F. The lowest BCUT2D eigenvalue weighted by Crippen LogP contribution is -2.02. The van der Waals surface area contributed by atoms with Crippen LogP contribution in [0.15, 0.2) is 12.1 Å². The Morgan fingerprint density at radius 2 is 1.67 bits per heavy atom. The van der Waals surface area contributed by atoms with Gasteiger partial charge in [-0.15, -0.1) is 12.4 Å². The molecule has 1 rings (SSSR count). The lowest BCUT2D eigenvalue weighted by atomic mass is 10.2. The number of rotatable bonds is 1. The molecule has 0 amide bonds. The summed E-state index contributed by atoms with van der Waals surface area (Å²) in [6, 6.07) is 2.07. The summed E-state index contributed by atoms with van der Waals surface area (Å²) >= 11 is 5.36. The molecule has 1 aromatic rings. The van der Waals surface area contributed by atoms with Crippen molar-refractivity contribution in [3.05, 3.63) is 34.4 Å². The van der Waals surface area contributed by atoms with Gasteiger partial charge in [0.2, 0.25) is 0 Å². The summed E-state index contributed by atoms with van der Waals surface area (Å²) in [6.07, 6.45) is 0. The summed E-state index contributed by atoms with van der Waals surface area (Å²) in [6.45, 7) is -0.158. The van der Waals surface area contributed by atoms with Gasteiger partial charge in [-0.25, -0.2) is 8.78 Å². The second kappa shape index (κ2) is 4.60. The first-order valence-corrected chi connectivity index (χ1v) is 3.36. The summed E-state index contributed by atoms with van der Waals surface area (Å²) in [5.41, 5.74) is 4.95. The fraction of sp³-hybridized carbons (Fsp3) is 0.143. The van der Waals surface area contributed by atoms with Crippen molar-refractivity contribution in [1.82, 2.24) is 0 Å². The largest absolute Gasteiger partial charge is 0.326 e. The van der Waals surface area contributed by atoms with E-state index in [1.165, 1.54) is 0 Å². The van der Waals surface area contributed by atoms with Gasteiger partial charge in [-0.2, -0.15) is 0 Å². The normalized spacial score (nSPS) is 9.33. The van der Waals surface area contributed by atoms with E-state index >= 15 is 0 Å². The van der Waals surface area contributed by atoms with Crippen molar-refractivity contribution in [3.63, 3.8) is 0 Å². The standard InChI is InChI=1S/C7H6ClF2N.ClH/c8-4-1-6(9)5(3-11)7(10)2-4;/h1-2H,3,11H2;1H. The lowest BCUT2D eigenvalue weighted by Gasteiger charge is -2.00. The fourth-order valence-electron chi connectivity index (χ4n) is 0.767. The van der Waals surface area contributed by atoms with Gasteiger partial charge in [0, 0.05) is 17.1 Å². The van der Waals surface area contributed by atoms with Crippen LogP contribution in [0.1, 0.15) is 5.56 Å². The van der Waals surface area contributed by atoms with Crippen LogP contribution in [0.3, 0.4) is 0 Å². The van der Waals surface area contributed by atoms with Gasteiger partial charge in [-0.05, 0) is 12.1 Å². The van der Waals surface area contributed by atoms with Crippen LogP contribution in [0.2, 0.25) is 5.02 Å². The Hall–Kier alpha value is -0.380. The van der Waals surface area contributed by atoms with E-state index in [4.69, 9.17) is 17.3 Å². The van der Waals surface area contributed by atoms with E-state index in [1.54, 1.807) is 0 Å². The van der Waals surface area contributed by atoms with Crippen LogP contribution in [0.5, 0.6) is 0 Å². The average Bonchev–Trinajstić information content (AvgIpc) is 1.85. The Morgan fingerprint density at radius 1 is 1.25 bits per heavy atom. The first-order chi connectivity index (χ1) is 5.15. The zero-order valence-corrected chi connectivity index (χ0v) is 7.55. The average molecular weight is 214 g/mol. The molecule has 0 fully saturated rings. The van der Waals surface area contributed by atoms with Crippen molar-refractivity contribution >= 4 is 24.0 Å². The van der Waals surface area contributed by atoms with Crippen LogP contribution in [-0.2, 0) is 6.54 Å². The van der Waals surface area contributed by atoms with Crippen LogP contribution < -0.4 is 5.73 Å². The van der Waals surface area contributed by atoms with Crippen LogP contribution in [0, 0.1) is 11.6 Å². The molecule has 1 aromatic carbocycles. The second-order valence-electron chi connectivity index (χ2n) is 2.05. The molecule has 0 radical (unpaired) electrons. The zero-order chi connectivity index (χ0) is 8.43. The van der Waals surface area contributed by atoms with Gasteiger partial charge in [0.15, 0.2) is 0 Å². The topological polar surface area (TPSA) is 26.0 Å². The predicted octanol–water partition coefficient (Wildman–Crippen LogP) is 2.50. The first kappa shape index (κ1) is 11.6. The number of hydrogen-bond donors (Lipinski definition) is 1. The molecular weight excluding hydrogens is 207 g/mol. The van der Waals surface area contributed by atoms with E-state index in [9.17, 15) is 8.78 Å². The van der Waals surface area contributed by atoms with Crippen molar-refractivity contribution in [3.8, 4) is 0 Å². The molecule has 0 heterocycles. The molecule has 0 spiro atoms. The third-order valence-corrected chi connectivity index (χ3v) is 1.53. The van der Waals surface area contributed by atoms with Crippen molar-refractivity contribution < 1.29 is 8.78 Å². The Kier molecular flexibility index (Phi) is 4.45. The number of benzene rings is 1. The first-order valence-electron chi connectivity index (χ1n) is 2.98. The summed E-state index contributed by atoms with van der Waals surface area (Å²) in [5.74, 6) is -1.39. The predicted molar refractivity (Wildman–Crippen MR) is 46.5 cm³/mol. The van der Waals surface area contributed by atoms with Crippen LogP contribution in [0.25, 0.3) is 0 Å². The monoisotopic (exact) mass is 213 g/mol. The fourth-order valence-corrected chi connectivity index (χ4v) is 0.959. The molecule has 0 aliphatic heterocycles. The van der Waals surface area contributed by atoms with Gasteiger partial charge in [0.05, 0.1) is 0 Å². The summed E-state index contributed by atoms with van der Waals surface area (Å²) < 4.78 is 25.4. The number of nitrogens with two attached hydrogens (primary N) is 1. The quantitative estimate of drug-likeness (QED) is 0.763. The van der Waals surface area contributed by atoms with Crippen molar-refractivity contribution in [2.24, 2.45) is 5.73 Å². The molecule has 0 saturated carbocycles. The molecule has 0 saturated heterocycles. The molecule has 0 unspecified atom stereocenters. The smallest absolute Gasteiger partial charge is 0.132 e. The van der Waals surface area contributed by atoms with Gasteiger partial charge in [0.1, 0.15) is 11.6 Å². The highest BCUT2D eigenvalue weighted by molar-refractivity contribution is 6.30. The molecule has 0 aliphatic carbocycles. The van der Waals surface area contributed by atoms with Crippen molar-refractivity contribution in [2.75, 3.05) is 0 Å². The highest BCUT2D eigenvalue weighted by atomic mass is 35.5. The van der Waals surface area contributed by atoms with Gasteiger partial charge >= 0.3 is 0 Å². The van der Waals surface area contributed by atoms with Crippen LogP contribution in [-0.4, -0.2) is 0 Å². The lowest BCUT2D eigenvalue weighted by molar-refractivity contribution is 0.557. The van der Waals surface area contributed by atoms with E-state index in [0.29, 0.717) is 0 Å². The van der Waals surface area contributed by atoms with Gasteiger partial charge in [-0.3, -0.25) is 0 Å². The van der Waals surface area contributed by atoms with Gasteiger partial charge in [0.25, 0.3) is 0 Å². The van der Waals surface area contributed by atoms with Crippen molar-refractivity contribution in [2.45, 2.75) is 6.54 Å². The van der Waals surface area contributed by atoms with E-state index < -0.39 is 11.6 Å². The Bertz CT molecular complexity index is 255. The van der Waals surface area contributed by atoms with Crippen LogP contribution in [0.4, 0.5) is 8.78 Å². The summed E-state index contributed by atoms with van der Waals surface area (Å²) in [7, 11) is 0. The molecule has 1 nitrogen and oxygen atoms in total. The molecule has 0 bridgehead atoms. The molecule has 0 aliphatic rings. The van der Waals surface area contributed by atoms with E-state index in [1.807, 2.05) is 0 Å². The maximum Gasteiger partial charge on any atom is 0.132 e. The minimum atomic E-state index is -0.697. The highest BCUT2D eigenvalue weighted by Gasteiger charge is 2.07. The molecule has 0 aromatic heterocycles. The summed E-state index contributed by atoms with van der Waals surface area (Å²) in [4.78, 5) is 0. The molecule has 12 heavy (non-hydrogen) atoms. The number of halogens is 4. The third-order valence-electron chi connectivity index (χ3n) is 1.31. The van der Waals surface area contributed by atoms with Crippen molar-refractivity contribution in [1.29, 1.82) is 0 Å². The molecule has 5 heteroatoms. The third kappa shape index (κ3) is 2.30. The zero-order valence-electron chi connectivity index (χ0n) is 5.98. The second-order valence-corrected chi connectivity index (χ2v) is 2.49. The van der Waals surface area contributed by atoms with E-state index in [2.05, 4.69) is 0 Å². The molecule has 0 atom stereocenters. The summed E-state index contributed by atoms with van der Waals surface area (Å²) in [5, 5.41) is 0.0391. The Morgan fingerprint density at radius 3 is 2.00 bits per heavy atom.